The number of ether oxygens (including phenoxy) is 1. The summed E-state index contributed by atoms with van der Waals surface area (Å²) in [6.45, 7) is 11.8. The van der Waals surface area contributed by atoms with Gasteiger partial charge in [0.25, 0.3) is 0 Å². The zero-order valence-electron chi connectivity index (χ0n) is 9.05. The molecule has 0 aromatic heterocycles. The smallest absolute Gasteiger partial charge is 0.0674 e. The number of nitrogens with one attached hydrogen (secondary N) is 1. The van der Waals surface area contributed by atoms with Gasteiger partial charge in [-0.05, 0) is 20.4 Å². The van der Waals surface area contributed by atoms with Gasteiger partial charge < -0.3 is 10.1 Å². The van der Waals surface area contributed by atoms with E-state index in [0.717, 1.165) is 32.8 Å². The molecule has 1 heterocycles. The molecule has 0 amide bonds. The standard InChI is InChI=1S/C10H22N2O/c1-4-11-7-9(2)12-5-6-13-10(3)8-12/h9-11H,4-8H2,1-3H3. The molecule has 2 atom stereocenters. The van der Waals surface area contributed by atoms with Gasteiger partial charge in [-0.3, -0.25) is 4.90 Å². The van der Waals surface area contributed by atoms with Crippen LogP contribution >= 0.6 is 0 Å². The van der Waals surface area contributed by atoms with Gasteiger partial charge >= 0.3 is 0 Å². The van der Waals surface area contributed by atoms with Crippen molar-refractivity contribution in [3.63, 3.8) is 0 Å². The minimum Gasteiger partial charge on any atom is -0.376 e. The fraction of sp³-hybridized carbons (Fsp3) is 1.00. The Kier molecular flexibility index (Phi) is 4.70. The Hall–Kier alpha value is -0.120. The van der Waals surface area contributed by atoms with Crippen LogP contribution in [0.25, 0.3) is 0 Å². The van der Waals surface area contributed by atoms with Gasteiger partial charge in [-0.2, -0.15) is 0 Å². The van der Waals surface area contributed by atoms with E-state index in [2.05, 4.69) is 31.0 Å². The SMILES string of the molecule is CCNCC(C)N1CCOC(C)C1. The summed E-state index contributed by atoms with van der Waals surface area (Å²) in [7, 11) is 0. The molecular weight excluding hydrogens is 164 g/mol. The highest BCUT2D eigenvalue weighted by Gasteiger charge is 2.20. The molecule has 1 saturated heterocycles. The third-order valence-electron chi connectivity index (χ3n) is 2.59. The maximum absolute atomic E-state index is 5.50. The molecule has 13 heavy (non-hydrogen) atoms. The second-order valence-corrected chi connectivity index (χ2v) is 3.83. The molecular formula is C10H22N2O. The van der Waals surface area contributed by atoms with Gasteiger partial charge in [-0.25, -0.2) is 0 Å². The number of rotatable bonds is 4. The lowest BCUT2D eigenvalue weighted by Crippen LogP contribution is -2.49. The Morgan fingerprint density at radius 1 is 1.62 bits per heavy atom. The maximum atomic E-state index is 5.50. The molecule has 3 nitrogen and oxygen atoms in total. The van der Waals surface area contributed by atoms with Crippen LogP contribution in [0.15, 0.2) is 0 Å². The largest absolute Gasteiger partial charge is 0.376 e. The molecule has 0 saturated carbocycles. The van der Waals surface area contributed by atoms with Crippen LogP contribution < -0.4 is 5.32 Å². The highest BCUT2D eigenvalue weighted by Crippen LogP contribution is 2.07. The summed E-state index contributed by atoms with van der Waals surface area (Å²) < 4.78 is 5.50. The zero-order valence-corrected chi connectivity index (χ0v) is 9.05. The van der Waals surface area contributed by atoms with E-state index in [0.29, 0.717) is 12.1 Å². The van der Waals surface area contributed by atoms with E-state index in [4.69, 9.17) is 4.74 Å². The van der Waals surface area contributed by atoms with Crippen LogP contribution in [0.5, 0.6) is 0 Å². The monoisotopic (exact) mass is 186 g/mol. The van der Waals surface area contributed by atoms with Gasteiger partial charge in [0.15, 0.2) is 0 Å². The maximum Gasteiger partial charge on any atom is 0.0674 e. The number of hydrogen-bond donors (Lipinski definition) is 1. The summed E-state index contributed by atoms with van der Waals surface area (Å²) in [4.78, 5) is 2.50. The lowest BCUT2D eigenvalue weighted by Gasteiger charge is -2.35. The summed E-state index contributed by atoms with van der Waals surface area (Å²) in [5.41, 5.74) is 0. The first kappa shape index (κ1) is 11.0. The molecule has 1 N–H and O–H groups in total. The molecule has 0 aliphatic carbocycles. The van der Waals surface area contributed by atoms with E-state index in [9.17, 15) is 0 Å². The van der Waals surface area contributed by atoms with Crippen molar-refractivity contribution in [1.82, 2.24) is 10.2 Å². The van der Waals surface area contributed by atoms with Crippen LogP contribution in [0.4, 0.5) is 0 Å². The molecule has 1 fully saturated rings. The van der Waals surface area contributed by atoms with Crippen LogP contribution in [0.1, 0.15) is 20.8 Å². The number of morpholine rings is 1. The van der Waals surface area contributed by atoms with Crippen molar-refractivity contribution in [3.05, 3.63) is 0 Å². The van der Waals surface area contributed by atoms with E-state index >= 15 is 0 Å². The van der Waals surface area contributed by atoms with Crippen molar-refractivity contribution in [3.8, 4) is 0 Å². The van der Waals surface area contributed by atoms with Crippen molar-refractivity contribution in [1.29, 1.82) is 0 Å². The summed E-state index contributed by atoms with van der Waals surface area (Å²) >= 11 is 0. The molecule has 1 aliphatic heterocycles. The number of likely N-dealkylation sites (N-methyl/N-ethyl adjacent to an activating group) is 1. The molecule has 1 rings (SSSR count). The van der Waals surface area contributed by atoms with Crippen LogP contribution in [-0.2, 0) is 4.74 Å². The van der Waals surface area contributed by atoms with Gasteiger partial charge in [0.05, 0.1) is 12.7 Å². The first-order valence-corrected chi connectivity index (χ1v) is 5.30. The van der Waals surface area contributed by atoms with Gasteiger partial charge in [-0.1, -0.05) is 6.92 Å². The predicted molar refractivity (Wildman–Crippen MR) is 55.0 cm³/mol. The molecule has 3 heteroatoms. The minimum atomic E-state index is 0.401. The Bertz CT molecular complexity index is 141. The number of nitrogens with zero attached hydrogens (tertiary/aromatic N) is 1. The second kappa shape index (κ2) is 5.58. The molecule has 0 aromatic carbocycles. The topological polar surface area (TPSA) is 24.5 Å². The third kappa shape index (κ3) is 3.63. The molecule has 0 spiro atoms. The molecule has 0 radical (unpaired) electrons. The first-order chi connectivity index (χ1) is 6.24. The molecule has 0 bridgehead atoms. The average molecular weight is 186 g/mol. The summed E-state index contributed by atoms with van der Waals surface area (Å²) in [6.07, 6.45) is 0.401. The van der Waals surface area contributed by atoms with Crippen molar-refractivity contribution in [2.24, 2.45) is 0 Å². The van der Waals surface area contributed by atoms with Crippen molar-refractivity contribution in [2.45, 2.75) is 32.9 Å². The van der Waals surface area contributed by atoms with E-state index in [-0.39, 0.29) is 0 Å². The fourth-order valence-electron chi connectivity index (χ4n) is 1.73. The fourth-order valence-corrected chi connectivity index (χ4v) is 1.73. The highest BCUT2D eigenvalue weighted by atomic mass is 16.5. The summed E-state index contributed by atoms with van der Waals surface area (Å²) in [5, 5.41) is 3.38. The zero-order chi connectivity index (χ0) is 9.68. The minimum absolute atomic E-state index is 0.401. The Labute approximate surface area is 81.4 Å². The van der Waals surface area contributed by atoms with E-state index in [1.807, 2.05) is 0 Å². The molecule has 2 unspecified atom stereocenters. The second-order valence-electron chi connectivity index (χ2n) is 3.83. The quantitative estimate of drug-likeness (QED) is 0.699. The lowest BCUT2D eigenvalue weighted by atomic mass is 10.2. The van der Waals surface area contributed by atoms with Gasteiger partial charge in [0.2, 0.25) is 0 Å². The molecule has 78 valence electrons. The summed E-state index contributed by atoms with van der Waals surface area (Å²) in [5.74, 6) is 0. The van der Waals surface area contributed by atoms with Gasteiger partial charge in [0, 0.05) is 25.7 Å². The van der Waals surface area contributed by atoms with Gasteiger partial charge in [-0.15, -0.1) is 0 Å². The van der Waals surface area contributed by atoms with Crippen molar-refractivity contribution >= 4 is 0 Å². The average Bonchev–Trinajstić information content (AvgIpc) is 2.14. The van der Waals surface area contributed by atoms with Gasteiger partial charge in [0.1, 0.15) is 0 Å². The normalized spacial score (nSPS) is 27.5. The Morgan fingerprint density at radius 2 is 2.38 bits per heavy atom. The molecule has 1 aliphatic rings. The predicted octanol–water partition coefficient (Wildman–Crippen LogP) is 0.705. The Balaban J connectivity index is 2.24. The van der Waals surface area contributed by atoms with E-state index < -0.39 is 0 Å². The molecule has 0 aromatic rings. The third-order valence-corrected chi connectivity index (χ3v) is 2.59. The lowest BCUT2D eigenvalue weighted by molar-refractivity contribution is -0.0310. The van der Waals surface area contributed by atoms with Crippen molar-refractivity contribution in [2.75, 3.05) is 32.8 Å². The van der Waals surface area contributed by atoms with E-state index in [1.165, 1.54) is 0 Å². The summed E-state index contributed by atoms with van der Waals surface area (Å²) in [6, 6.07) is 0.631. The van der Waals surface area contributed by atoms with Crippen LogP contribution in [0, 0.1) is 0 Å². The van der Waals surface area contributed by atoms with Crippen LogP contribution in [0.3, 0.4) is 0 Å². The van der Waals surface area contributed by atoms with E-state index in [1.54, 1.807) is 0 Å². The highest BCUT2D eigenvalue weighted by molar-refractivity contribution is 4.74. The first-order valence-electron chi connectivity index (χ1n) is 5.30. The Morgan fingerprint density at radius 3 is 3.00 bits per heavy atom. The van der Waals surface area contributed by atoms with Crippen LogP contribution in [0.2, 0.25) is 0 Å². The number of hydrogen-bond acceptors (Lipinski definition) is 3. The van der Waals surface area contributed by atoms with Crippen LogP contribution in [-0.4, -0.2) is 49.8 Å². The van der Waals surface area contributed by atoms with Crippen molar-refractivity contribution < 1.29 is 4.74 Å².